The van der Waals surface area contributed by atoms with Gasteiger partial charge in [0.05, 0.1) is 41.5 Å². The van der Waals surface area contributed by atoms with E-state index in [1.54, 1.807) is 47.6 Å². The largest absolute Gasteiger partial charge is 0.459 e. The molecule has 0 amide bonds. The molecule has 3 saturated heterocycles. The van der Waals surface area contributed by atoms with Crippen LogP contribution >= 0.6 is 0 Å². The Morgan fingerprint density at radius 1 is 1.02 bits per heavy atom. The number of allylic oxidation sites excluding steroid dienone is 1. The quantitative estimate of drug-likeness (QED) is 0.170. The minimum atomic E-state index is -1.82. The zero-order valence-electron chi connectivity index (χ0n) is 36.1. The lowest BCUT2D eigenvalue weighted by Crippen LogP contribution is -2.60. The van der Waals surface area contributed by atoms with Crippen molar-refractivity contribution in [1.29, 1.82) is 0 Å². The molecule has 3 aliphatic heterocycles. The Kier molecular flexibility index (Phi) is 17.4. The van der Waals surface area contributed by atoms with Gasteiger partial charge >= 0.3 is 5.97 Å². The van der Waals surface area contributed by atoms with E-state index in [0.29, 0.717) is 19.5 Å². The van der Waals surface area contributed by atoms with E-state index in [0.717, 1.165) is 0 Å². The predicted octanol–water partition coefficient (Wildman–Crippen LogP) is 2.46. The highest BCUT2D eigenvalue weighted by Crippen LogP contribution is 2.40. The topological polar surface area (TPSA) is 180 Å². The Hall–Kier alpha value is -1.71. The first-order chi connectivity index (χ1) is 25.9. The number of esters is 1. The maximum absolute atomic E-state index is 14.3. The summed E-state index contributed by atoms with van der Waals surface area (Å²) < 4.78 is 37.8. The van der Waals surface area contributed by atoms with Gasteiger partial charge in [-0.05, 0) is 93.8 Å². The van der Waals surface area contributed by atoms with Crippen molar-refractivity contribution in [3.63, 3.8) is 0 Å². The van der Waals surface area contributed by atoms with Gasteiger partial charge in [-0.2, -0.15) is 0 Å². The summed E-state index contributed by atoms with van der Waals surface area (Å²) in [6.07, 6.45) is 0.187. The van der Waals surface area contributed by atoms with Crippen molar-refractivity contribution in [3.05, 3.63) is 12.2 Å². The Morgan fingerprint density at radius 2 is 1.66 bits per heavy atom. The lowest BCUT2D eigenvalue weighted by molar-refractivity contribution is -0.318. The zero-order valence-corrected chi connectivity index (χ0v) is 36.1. The molecule has 0 aromatic heterocycles. The maximum atomic E-state index is 14.3. The van der Waals surface area contributed by atoms with Gasteiger partial charge in [-0.15, -0.1) is 6.42 Å². The van der Waals surface area contributed by atoms with Crippen molar-refractivity contribution in [2.75, 3.05) is 34.3 Å². The molecule has 0 radical (unpaired) electrons. The van der Waals surface area contributed by atoms with Gasteiger partial charge in [-0.25, -0.2) is 0 Å². The van der Waals surface area contributed by atoms with Gasteiger partial charge in [0, 0.05) is 44.6 Å². The Morgan fingerprint density at radius 3 is 2.25 bits per heavy atom. The number of carbonyl (C=O) groups excluding carboxylic acids is 1. The number of cyclic esters (lactones) is 1. The molecule has 0 saturated carbocycles. The van der Waals surface area contributed by atoms with Gasteiger partial charge in [0.15, 0.2) is 12.6 Å². The number of aliphatic hydroxyl groups is 5. The monoisotopic (exact) mass is 799 g/mol. The molecule has 56 heavy (non-hydrogen) atoms. The lowest BCUT2D eigenvalue weighted by Gasteiger charge is -2.49. The molecule has 3 aliphatic rings. The van der Waals surface area contributed by atoms with Crippen LogP contribution in [0.1, 0.15) is 94.9 Å². The molecule has 14 heteroatoms. The van der Waals surface area contributed by atoms with Crippen LogP contribution in [0.3, 0.4) is 0 Å². The molecule has 0 unspecified atom stereocenters. The van der Waals surface area contributed by atoms with Crippen LogP contribution in [0.15, 0.2) is 12.2 Å². The van der Waals surface area contributed by atoms with E-state index in [4.69, 9.17) is 34.8 Å². The third-order valence-corrected chi connectivity index (χ3v) is 12.7. The number of carbonyl (C=O) groups is 1. The van der Waals surface area contributed by atoms with Crippen LogP contribution in [-0.4, -0.2) is 166 Å². The number of hydrogen-bond donors (Lipinski definition) is 5. The summed E-state index contributed by atoms with van der Waals surface area (Å²) in [6, 6.07) is -0.925. The molecule has 0 bridgehead atoms. The first kappa shape index (κ1) is 48.7. The van der Waals surface area contributed by atoms with Crippen molar-refractivity contribution in [1.82, 2.24) is 9.80 Å². The third kappa shape index (κ3) is 11.3. The molecule has 0 spiro atoms. The summed E-state index contributed by atoms with van der Waals surface area (Å²) in [4.78, 5) is 18.2. The smallest absolute Gasteiger partial charge is 0.311 e. The second-order valence-corrected chi connectivity index (χ2v) is 17.7. The van der Waals surface area contributed by atoms with Crippen LogP contribution in [0, 0.1) is 30.1 Å². The average Bonchev–Trinajstić information content (AvgIpc) is 3.12. The summed E-state index contributed by atoms with van der Waals surface area (Å²) in [6.45, 7) is 18.4. The Bertz CT molecular complexity index is 1320. The second kappa shape index (κ2) is 20.0. The first-order valence-electron chi connectivity index (χ1n) is 20.3. The molecule has 0 aromatic carbocycles. The molecule has 3 fully saturated rings. The maximum Gasteiger partial charge on any atom is 0.311 e. The van der Waals surface area contributed by atoms with Crippen molar-refractivity contribution in [2.45, 2.75) is 185 Å². The minimum Gasteiger partial charge on any atom is -0.459 e. The average molecular weight is 799 g/mol. The number of likely N-dealkylation sites (N-methyl/N-ethyl adjacent to an activating group) is 2. The van der Waals surface area contributed by atoms with Crippen molar-refractivity contribution >= 4 is 5.97 Å². The molecule has 0 aliphatic carbocycles. The summed E-state index contributed by atoms with van der Waals surface area (Å²) in [5.41, 5.74) is -4.45. The van der Waals surface area contributed by atoms with Crippen molar-refractivity contribution in [2.24, 2.45) is 17.8 Å². The van der Waals surface area contributed by atoms with Crippen molar-refractivity contribution < 1.29 is 58.7 Å². The summed E-state index contributed by atoms with van der Waals surface area (Å²) >= 11 is 0. The number of terminal acetylenes is 1. The fourth-order valence-electron chi connectivity index (χ4n) is 9.08. The van der Waals surface area contributed by atoms with Crippen molar-refractivity contribution in [3.8, 4) is 12.3 Å². The molecule has 18 atom stereocenters. The molecule has 324 valence electrons. The van der Waals surface area contributed by atoms with E-state index >= 15 is 0 Å². The summed E-state index contributed by atoms with van der Waals surface area (Å²) in [5.74, 6) is -0.198. The molecule has 3 heterocycles. The number of aliphatic hydroxyl groups excluding tert-OH is 3. The molecular weight excluding hydrogens is 724 g/mol. The SMILES string of the molecule is C#C/C=C/CN(C)[C@H]1C[C@@H](C)O[C@@H](O[C@@H]2[C@@H](C)[C@H](O[C@H]3C[C@@](C)(OC)[C@@H](O)[C@H](C)O3)[C@@H](C)C(=O)O[C@H](CC)[C@@](C)(O)[C@H](O)[C@@H](C)N(C)C[C@H](C)C[C@@]2(C)O)[C@@H]1O. The Labute approximate surface area is 335 Å². The van der Waals surface area contributed by atoms with Crippen LogP contribution < -0.4 is 0 Å². The van der Waals surface area contributed by atoms with Crippen LogP contribution in [0.5, 0.6) is 0 Å². The van der Waals surface area contributed by atoms with Gasteiger partial charge in [0.25, 0.3) is 0 Å². The van der Waals surface area contributed by atoms with E-state index < -0.39 is 96.0 Å². The van der Waals surface area contributed by atoms with Gasteiger partial charge in [-0.1, -0.05) is 32.8 Å². The number of ether oxygens (including phenoxy) is 6. The number of hydrogen-bond acceptors (Lipinski definition) is 14. The van der Waals surface area contributed by atoms with E-state index in [1.165, 1.54) is 14.0 Å². The van der Waals surface area contributed by atoms with Crippen LogP contribution in [0.4, 0.5) is 0 Å². The third-order valence-electron chi connectivity index (χ3n) is 12.7. The highest BCUT2D eigenvalue weighted by atomic mass is 16.7. The highest BCUT2D eigenvalue weighted by Gasteiger charge is 2.52. The van der Waals surface area contributed by atoms with E-state index in [1.807, 2.05) is 50.7 Å². The van der Waals surface area contributed by atoms with Crippen LogP contribution in [0.2, 0.25) is 0 Å². The van der Waals surface area contributed by atoms with Crippen LogP contribution in [0.25, 0.3) is 0 Å². The van der Waals surface area contributed by atoms with Gasteiger partial charge in [0.1, 0.15) is 30.0 Å². The molecule has 5 N–H and O–H groups in total. The first-order valence-corrected chi connectivity index (χ1v) is 20.3. The van der Waals surface area contributed by atoms with Crippen LogP contribution in [-0.2, 0) is 33.2 Å². The summed E-state index contributed by atoms with van der Waals surface area (Å²) in [5, 5.41) is 58.7. The number of nitrogens with zero attached hydrogens (tertiary/aromatic N) is 2. The van der Waals surface area contributed by atoms with Gasteiger partial charge < -0.3 is 58.9 Å². The normalized spacial score (nSPS) is 46.9. The lowest BCUT2D eigenvalue weighted by atomic mass is 9.77. The summed E-state index contributed by atoms with van der Waals surface area (Å²) in [7, 11) is 5.22. The second-order valence-electron chi connectivity index (χ2n) is 17.7. The fraction of sp³-hybridized carbons (Fsp3) is 0.881. The molecule has 0 aromatic rings. The Balaban J connectivity index is 2.17. The van der Waals surface area contributed by atoms with Gasteiger partial charge in [0.2, 0.25) is 0 Å². The van der Waals surface area contributed by atoms with E-state index in [2.05, 4.69) is 5.92 Å². The highest BCUT2D eigenvalue weighted by molar-refractivity contribution is 5.73. The van der Waals surface area contributed by atoms with E-state index in [9.17, 15) is 30.3 Å². The predicted molar refractivity (Wildman–Crippen MR) is 211 cm³/mol. The minimum absolute atomic E-state index is 0.117. The van der Waals surface area contributed by atoms with Gasteiger partial charge in [-0.3, -0.25) is 9.69 Å². The molecular formula is C42H74N2O12. The fourth-order valence-corrected chi connectivity index (χ4v) is 9.08. The number of methoxy groups -OCH3 is 1. The zero-order chi connectivity index (χ0) is 42.5. The molecule has 14 nitrogen and oxygen atoms in total. The van der Waals surface area contributed by atoms with E-state index in [-0.39, 0.29) is 37.3 Å². The number of rotatable bonds is 9. The standard InChI is InChI=1S/C42H74N2O12/c1-15-17-18-19-43(12)30-20-25(4)52-39(33(30)45)56-37-26(5)34(55-32-22-41(10,51-14)36(47)29(8)53-32)27(6)38(48)54-31(16-2)42(11,50)35(46)28(7)44(13)23-24(3)21-40(37,9)49/h1,17-18,24-37,39,45-47,49-50H,16,19-23H2,2-14H3/b18-17+/t24-,25-,26+,27-,28-,29+,30+,31-,32+,33-,34+,35-,36+,37-,39+,40-,41-,42-/m1/s1. The molecule has 3 rings (SSSR count).